The molecule has 0 radical (unpaired) electrons. The Hall–Kier alpha value is -2.76. The standard InChI is InChI=1S/C14H13FN2O3/c1-20-13-7-2-9(15)8-12(13)17-14(19)16-10-3-5-11(18)6-4-10/h2-8,18H,1H3,(H2,16,17,19). The Balaban J connectivity index is 2.08. The average molecular weight is 276 g/mol. The lowest BCUT2D eigenvalue weighted by Gasteiger charge is -2.11. The van der Waals surface area contributed by atoms with Crippen molar-refractivity contribution in [1.29, 1.82) is 0 Å². The van der Waals surface area contributed by atoms with Gasteiger partial charge in [0.25, 0.3) is 0 Å². The zero-order valence-electron chi connectivity index (χ0n) is 10.7. The Morgan fingerprint density at radius 3 is 2.50 bits per heavy atom. The number of carbonyl (C=O) groups excluding carboxylic acids is 1. The van der Waals surface area contributed by atoms with Crippen molar-refractivity contribution in [2.75, 3.05) is 17.7 Å². The average Bonchev–Trinajstić information content (AvgIpc) is 2.41. The van der Waals surface area contributed by atoms with E-state index in [1.165, 1.54) is 43.5 Å². The summed E-state index contributed by atoms with van der Waals surface area (Å²) in [6, 6.07) is 9.24. The second kappa shape index (κ2) is 5.92. The van der Waals surface area contributed by atoms with Gasteiger partial charge in [0, 0.05) is 11.8 Å². The van der Waals surface area contributed by atoms with Crippen LogP contribution in [0.2, 0.25) is 0 Å². The van der Waals surface area contributed by atoms with Gasteiger partial charge in [-0.3, -0.25) is 0 Å². The lowest BCUT2D eigenvalue weighted by molar-refractivity contribution is 0.262. The highest BCUT2D eigenvalue weighted by molar-refractivity contribution is 6.00. The number of benzene rings is 2. The minimum atomic E-state index is -0.542. The molecule has 0 unspecified atom stereocenters. The molecule has 0 atom stereocenters. The molecule has 0 bridgehead atoms. The van der Waals surface area contributed by atoms with Crippen molar-refractivity contribution >= 4 is 17.4 Å². The number of phenols is 1. The molecule has 0 aliphatic heterocycles. The van der Waals surface area contributed by atoms with Gasteiger partial charge in [-0.05, 0) is 36.4 Å². The Bertz CT molecular complexity index is 614. The molecule has 104 valence electrons. The highest BCUT2D eigenvalue weighted by atomic mass is 19.1. The summed E-state index contributed by atoms with van der Waals surface area (Å²) in [5.74, 6) is -0.0271. The third kappa shape index (κ3) is 3.38. The third-order valence-electron chi connectivity index (χ3n) is 2.53. The molecule has 0 spiro atoms. The lowest BCUT2D eigenvalue weighted by Crippen LogP contribution is -2.19. The fourth-order valence-corrected chi connectivity index (χ4v) is 1.61. The summed E-state index contributed by atoms with van der Waals surface area (Å²) in [7, 11) is 1.43. The number of rotatable bonds is 3. The smallest absolute Gasteiger partial charge is 0.323 e. The molecule has 2 amide bonds. The zero-order valence-corrected chi connectivity index (χ0v) is 10.7. The number of halogens is 1. The van der Waals surface area contributed by atoms with E-state index in [0.29, 0.717) is 11.4 Å². The van der Waals surface area contributed by atoms with Crippen LogP contribution in [0.15, 0.2) is 42.5 Å². The normalized spacial score (nSPS) is 9.90. The monoisotopic (exact) mass is 276 g/mol. The molecule has 2 aromatic rings. The topological polar surface area (TPSA) is 70.6 Å². The van der Waals surface area contributed by atoms with E-state index < -0.39 is 11.8 Å². The van der Waals surface area contributed by atoms with Gasteiger partial charge in [0.1, 0.15) is 17.3 Å². The molecule has 2 rings (SSSR count). The summed E-state index contributed by atoms with van der Waals surface area (Å²) in [5.41, 5.74) is 0.722. The molecule has 0 heterocycles. The summed E-state index contributed by atoms with van der Waals surface area (Å²) in [4.78, 5) is 11.8. The molecule has 6 heteroatoms. The predicted molar refractivity (Wildman–Crippen MR) is 73.7 cm³/mol. The number of hydrogen-bond donors (Lipinski definition) is 3. The molecule has 3 N–H and O–H groups in total. The SMILES string of the molecule is COc1ccc(F)cc1NC(=O)Nc1ccc(O)cc1. The van der Waals surface area contributed by atoms with Crippen LogP contribution in [0.5, 0.6) is 11.5 Å². The molecule has 0 saturated heterocycles. The maximum Gasteiger partial charge on any atom is 0.323 e. The van der Waals surface area contributed by atoms with E-state index in [-0.39, 0.29) is 11.4 Å². The summed E-state index contributed by atoms with van der Waals surface area (Å²) in [6.45, 7) is 0. The van der Waals surface area contributed by atoms with Gasteiger partial charge in [-0.1, -0.05) is 0 Å². The van der Waals surface area contributed by atoms with E-state index in [2.05, 4.69) is 10.6 Å². The number of hydrogen-bond acceptors (Lipinski definition) is 3. The summed E-state index contributed by atoms with van der Waals surface area (Å²) < 4.78 is 18.2. The van der Waals surface area contributed by atoms with Crippen molar-refractivity contribution in [2.45, 2.75) is 0 Å². The van der Waals surface area contributed by atoms with E-state index in [4.69, 9.17) is 9.84 Å². The van der Waals surface area contributed by atoms with Crippen LogP contribution in [0.25, 0.3) is 0 Å². The van der Waals surface area contributed by atoms with Crippen LogP contribution in [-0.2, 0) is 0 Å². The third-order valence-corrected chi connectivity index (χ3v) is 2.53. The first-order chi connectivity index (χ1) is 9.58. The van der Waals surface area contributed by atoms with Crippen molar-refractivity contribution in [3.05, 3.63) is 48.3 Å². The van der Waals surface area contributed by atoms with E-state index in [1.54, 1.807) is 0 Å². The largest absolute Gasteiger partial charge is 0.508 e. The predicted octanol–water partition coefficient (Wildman–Crippen LogP) is 3.18. The fraction of sp³-hybridized carbons (Fsp3) is 0.0714. The highest BCUT2D eigenvalue weighted by Crippen LogP contribution is 2.25. The van der Waals surface area contributed by atoms with Gasteiger partial charge in [0.15, 0.2) is 0 Å². The Morgan fingerprint density at radius 2 is 1.85 bits per heavy atom. The van der Waals surface area contributed by atoms with Crippen molar-refractivity contribution in [1.82, 2.24) is 0 Å². The second-order valence-corrected chi connectivity index (χ2v) is 3.97. The van der Waals surface area contributed by atoms with E-state index in [9.17, 15) is 9.18 Å². The van der Waals surface area contributed by atoms with Gasteiger partial charge in [-0.15, -0.1) is 0 Å². The highest BCUT2D eigenvalue weighted by Gasteiger charge is 2.08. The Morgan fingerprint density at radius 1 is 1.15 bits per heavy atom. The van der Waals surface area contributed by atoms with Crippen molar-refractivity contribution in [3.63, 3.8) is 0 Å². The number of ether oxygens (including phenoxy) is 1. The minimum Gasteiger partial charge on any atom is -0.508 e. The first-order valence-electron chi connectivity index (χ1n) is 5.79. The van der Waals surface area contributed by atoms with Crippen LogP contribution in [-0.4, -0.2) is 18.2 Å². The maximum atomic E-state index is 13.2. The van der Waals surface area contributed by atoms with Crippen molar-refractivity contribution in [2.24, 2.45) is 0 Å². The number of nitrogens with one attached hydrogen (secondary N) is 2. The molecule has 0 aromatic heterocycles. The van der Waals surface area contributed by atoms with E-state index in [0.717, 1.165) is 6.07 Å². The molecular weight excluding hydrogens is 263 g/mol. The number of carbonyl (C=O) groups is 1. The van der Waals surface area contributed by atoms with Crippen molar-refractivity contribution in [3.8, 4) is 11.5 Å². The minimum absolute atomic E-state index is 0.0998. The molecule has 0 aliphatic carbocycles. The number of anilines is 2. The number of methoxy groups -OCH3 is 1. The van der Waals surface area contributed by atoms with Crippen LogP contribution in [0.1, 0.15) is 0 Å². The summed E-state index contributed by atoms with van der Waals surface area (Å²) in [6.07, 6.45) is 0. The number of amides is 2. The summed E-state index contributed by atoms with van der Waals surface area (Å²) >= 11 is 0. The number of phenolic OH excluding ortho intramolecular Hbond substituents is 1. The second-order valence-electron chi connectivity index (χ2n) is 3.97. The fourth-order valence-electron chi connectivity index (χ4n) is 1.61. The van der Waals surface area contributed by atoms with Gasteiger partial charge in [0.2, 0.25) is 0 Å². The van der Waals surface area contributed by atoms with Gasteiger partial charge in [0.05, 0.1) is 12.8 Å². The molecular formula is C14H13FN2O3. The first-order valence-corrected chi connectivity index (χ1v) is 5.79. The van der Waals surface area contributed by atoms with Gasteiger partial charge in [-0.25, -0.2) is 9.18 Å². The van der Waals surface area contributed by atoms with Gasteiger partial charge >= 0.3 is 6.03 Å². The van der Waals surface area contributed by atoms with Crippen LogP contribution in [0.3, 0.4) is 0 Å². The van der Waals surface area contributed by atoms with Crippen LogP contribution >= 0.6 is 0 Å². The van der Waals surface area contributed by atoms with E-state index in [1.807, 2.05) is 0 Å². The molecule has 0 aliphatic rings. The molecule has 20 heavy (non-hydrogen) atoms. The van der Waals surface area contributed by atoms with Crippen LogP contribution < -0.4 is 15.4 Å². The molecule has 0 saturated carbocycles. The molecule has 5 nitrogen and oxygen atoms in total. The molecule has 0 fully saturated rings. The maximum absolute atomic E-state index is 13.2. The van der Waals surface area contributed by atoms with Gasteiger partial charge in [-0.2, -0.15) is 0 Å². The van der Waals surface area contributed by atoms with Gasteiger partial charge < -0.3 is 20.5 Å². The van der Waals surface area contributed by atoms with Crippen LogP contribution in [0.4, 0.5) is 20.6 Å². The Kier molecular flexibility index (Phi) is 4.05. The Labute approximate surface area is 115 Å². The first kappa shape index (κ1) is 13.7. The lowest BCUT2D eigenvalue weighted by atomic mass is 10.3. The number of aromatic hydroxyl groups is 1. The summed E-state index contributed by atoms with van der Waals surface area (Å²) in [5, 5.41) is 14.2. The zero-order chi connectivity index (χ0) is 14.5. The van der Waals surface area contributed by atoms with Crippen LogP contribution in [0, 0.1) is 5.82 Å². The van der Waals surface area contributed by atoms with Crippen molar-refractivity contribution < 1.29 is 19.0 Å². The van der Waals surface area contributed by atoms with E-state index >= 15 is 0 Å². The quantitative estimate of drug-likeness (QED) is 0.754. The molecule has 2 aromatic carbocycles. The number of urea groups is 1.